The molecule has 15 heavy (non-hydrogen) atoms. The van der Waals surface area contributed by atoms with Gasteiger partial charge in [0.05, 0.1) is 7.11 Å². The van der Waals surface area contributed by atoms with Crippen molar-refractivity contribution >= 4 is 24.8 Å². The minimum absolute atomic E-state index is 0. The summed E-state index contributed by atoms with van der Waals surface area (Å²) >= 11 is 0. The van der Waals surface area contributed by atoms with E-state index in [0.717, 1.165) is 25.0 Å². The second kappa shape index (κ2) is 6.21. The fourth-order valence-corrected chi connectivity index (χ4v) is 1.99. The molecule has 86 valence electrons. The minimum Gasteiger partial charge on any atom is -0.496 e. The number of hydrogen-bond donors (Lipinski definition) is 1. The van der Waals surface area contributed by atoms with Crippen LogP contribution in [-0.2, 0) is 12.8 Å². The Hall–Kier alpha value is -0.440. The lowest BCUT2D eigenvalue weighted by molar-refractivity contribution is 0.404. The second-order valence-corrected chi connectivity index (χ2v) is 3.60. The quantitative estimate of drug-likeness (QED) is 0.830. The summed E-state index contributed by atoms with van der Waals surface area (Å²) in [5.41, 5.74) is 8.61. The molecule has 0 heterocycles. The van der Waals surface area contributed by atoms with E-state index in [2.05, 4.69) is 6.07 Å². The largest absolute Gasteiger partial charge is 0.496 e. The van der Waals surface area contributed by atoms with Gasteiger partial charge in [-0.15, -0.1) is 24.8 Å². The predicted octanol–water partition coefficient (Wildman–Crippen LogP) is 2.35. The first-order valence-electron chi connectivity index (χ1n) is 4.71. The summed E-state index contributed by atoms with van der Waals surface area (Å²) in [6, 6.07) is 6.54. The molecule has 1 aromatic rings. The smallest absolute Gasteiger partial charge is 0.122 e. The number of benzene rings is 1. The van der Waals surface area contributed by atoms with E-state index < -0.39 is 0 Å². The Balaban J connectivity index is 0.000000980. The molecule has 0 unspecified atom stereocenters. The molecule has 0 bridgehead atoms. The fraction of sp³-hybridized carbons (Fsp3) is 0.455. The molecule has 0 amide bonds. The van der Waals surface area contributed by atoms with E-state index >= 15 is 0 Å². The first kappa shape index (κ1) is 14.6. The van der Waals surface area contributed by atoms with Crippen LogP contribution in [0.25, 0.3) is 0 Å². The van der Waals surface area contributed by atoms with E-state index in [1.165, 1.54) is 11.1 Å². The van der Waals surface area contributed by atoms with Crippen molar-refractivity contribution in [2.45, 2.75) is 25.3 Å². The lowest BCUT2D eigenvalue weighted by Crippen LogP contribution is -2.27. The number of nitrogens with two attached hydrogens (primary N) is 1. The molecule has 0 saturated carbocycles. The maximum atomic E-state index is 5.90. The van der Waals surface area contributed by atoms with E-state index in [1.54, 1.807) is 7.11 Å². The summed E-state index contributed by atoms with van der Waals surface area (Å²) < 4.78 is 5.31. The van der Waals surface area contributed by atoms with Crippen LogP contribution in [-0.4, -0.2) is 13.2 Å². The fourth-order valence-electron chi connectivity index (χ4n) is 1.99. The monoisotopic (exact) mass is 249 g/mol. The highest BCUT2D eigenvalue weighted by Gasteiger charge is 2.17. The van der Waals surface area contributed by atoms with Gasteiger partial charge in [-0.25, -0.2) is 0 Å². The summed E-state index contributed by atoms with van der Waals surface area (Å²) in [5.74, 6) is 1.02. The zero-order valence-electron chi connectivity index (χ0n) is 8.73. The van der Waals surface area contributed by atoms with Gasteiger partial charge in [-0.2, -0.15) is 0 Å². The molecule has 2 rings (SSSR count). The van der Waals surface area contributed by atoms with Crippen LogP contribution in [0.3, 0.4) is 0 Å². The van der Waals surface area contributed by atoms with Gasteiger partial charge >= 0.3 is 0 Å². The molecule has 4 heteroatoms. The van der Waals surface area contributed by atoms with E-state index in [1.807, 2.05) is 12.1 Å². The molecule has 2 N–H and O–H groups in total. The molecule has 1 aromatic carbocycles. The number of ether oxygens (including phenoxy) is 1. The van der Waals surface area contributed by atoms with Crippen LogP contribution in [0.1, 0.15) is 17.5 Å². The van der Waals surface area contributed by atoms with E-state index in [4.69, 9.17) is 10.5 Å². The van der Waals surface area contributed by atoms with Crippen LogP contribution in [0.5, 0.6) is 5.75 Å². The number of fused-ring (bicyclic) bond motifs is 1. The van der Waals surface area contributed by atoms with Gasteiger partial charge < -0.3 is 10.5 Å². The zero-order chi connectivity index (χ0) is 9.26. The van der Waals surface area contributed by atoms with Crippen LogP contribution in [0.4, 0.5) is 0 Å². The van der Waals surface area contributed by atoms with Crippen molar-refractivity contribution in [2.24, 2.45) is 5.73 Å². The third-order valence-corrected chi connectivity index (χ3v) is 2.70. The SMILES string of the molecule is COc1cccc2c1CC[C@@H](N)C2.Cl.Cl. The van der Waals surface area contributed by atoms with E-state index in [-0.39, 0.29) is 24.8 Å². The average Bonchev–Trinajstić information content (AvgIpc) is 2.16. The van der Waals surface area contributed by atoms with Crippen LogP contribution < -0.4 is 10.5 Å². The summed E-state index contributed by atoms with van der Waals surface area (Å²) in [4.78, 5) is 0. The van der Waals surface area contributed by atoms with Crippen molar-refractivity contribution in [1.82, 2.24) is 0 Å². The summed E-state index contributed by atoms with van der Waals surface area (Å²) in [6.45, 7) is 0. The van der Waals surface area contributed by atoms with Gasteiger partial charge in [0.25, 0.3) is 0 Å². The van der Waals surface area contributed by atoms with Gasteiger partial charge in [0.1, 0.15) is 5.75 Å². The lowest BCUT2D eigenvalue weighted by atomic mass is 9.88. The first-order valence-corrected chi connectivity index (χ1v) is 4.71. The molecular formula is C11H17Cl2NO. The van der Waals surface area contributed by atoms with Gasteiger partial charge in [-0.1, -0.05) is 12.1 Å². The topological polar surface area (TPSA) is 35.2 Å². The molecule has 0 spiro atoms. The molecule has 0 saturated heterocycles. The van der Waals surface area contributed by atoms with Crippen molar-refractivity contribution < 1.29 is 4.74 Å². The van der Waals surface area contributed by atoms with Gasteiger partial charge in [-0.05, 0) is 36.5 Å². The number of methoxy groups -OCH3 is 1. The standard InChI is InChI=1S/C11H15NO.2ClH/c1-13-11-4-2-3-8-7-9(12)5-6-10(8)11;;/h2-4,9H,5-7,12H2,1H3;2*1H/t9-;;/m1../s1. The summed E-state index contributed by atoms with van der Waals surface area (Å²) in [6.07, 6.45) is 3.13. The Morgan fingerprint density at radius 3 is 2.73 bits per heavy atom. The second-order valence-electron chi connectivity index (χ2n) is 3.60. The maximum absolute atomic E-state index is 5.90. The number of hydrogen-bond acceptors (Lipinski definition) is 2. The molecular weight excluding hydrogens is 233 g/mol. The van der Waals surface area contributed by atoms with Crippen LogP contribution >= 0.6 is 24.8 Å². The van der Waals surface area contributed by atoms with Crippen molar-refractivity contribution in [1.29, 1.82) is 0 Å². The Labute approximate surface area is 103 Å². The van der Waals surface area contributed by atoms with Crippen molar-refractivity contribution in [3.63, 3.8) is 0 Å². The van der Waals surface area contributed by atoms with E-state index in [9.17, 15) is 0 Å². The summed E-state index contributed by atoms with van der Waals surface area (Å²) in [5, 5.41) is 0. The molecule has 0 fully saturated rings. The van der Waals surface area contributed by atoms with E-state index in [0.29, 0.717) is 6.04 Å². The van der Waals surface area contributed by atoms with Crippen LogP contribution in [0.15, 0.2) is 18.2 Å². The highest BCUT2D eigenvalue weighted by atomic mass is 35.5. The predicted molar refractivity (Wildman–Crippen MR) is 67.5 cm³/mol. The third-order valence-electron chi connectivity index (χ3n) is 2.70. The lowest BCUT2D eigenvalue weighted by Gasteiger charge is -2.22. The molecule has 0 aliphatic heterocycles. The molecule has 0 radical (unpaired) electrons. The van der Waals surface area contributed by atoms with Crippen molar-refractivity contribution in [3.8, 4) is 5.75 Å². The first-order chi connectivity index (χ1) is 6.31. The highest BCUT2D eigenvalue weighted by molar-refractivity contribution is 5.85. The highest BCUT2D eigenvalue weighted by Crippen LogP contribution is 2.28. The van der Waals surface area contributed by atoms with Gasteiger partial charge in [0, 0.05) is 6.04 Å². The molecule has 1 aliphatic rings. The zero-order valence-corrected chi connectivity index (χ0v) is 10.4. The van der Waals surface area contributed by atoms with Crippen molar-refractivity contribution in [3.05, 3.63) is 29.3 Å². The Kier molecular flexibility index (Phi) is 6.03. The molecule has 1 atom stereocenters. The number of halogens is 2. The maximum Gasteiger partial charge on any atom is 0.122 e. The number of rotatable bonds is 1. The minimum atomic E-state index is 0. The normalized spacial score (nSPS) is 18.1. The Bertz CT molecular complexity index is 317. The van der Waals surface area contributed by atoms with Crippen LogP contribution in [0, 0.1) is 0 Å². The molecule has 1 aliphatic carbocycles. The average molecular weight is 250 g/mol. The summed E-state index contributed by atoms with van der Waals surface area (Å²) in [7, 11) is 1.73. The molecule has 0 aromatic heterocycles. The third kappa shape index (κ3) is 3.00. The molecule has 2 nitrogen and oxygen atoms in total. The van der Waals surface area contributed by atoms with Crippen LogP contribution in [0.2, 0.25) is 0 Å². The van der Waals surface area contributed by atoms with Gasteiger partial charge in [0.2, 0.25) is 0 Å². The van der Waals surface area contributed by atoms with Gasteiger partial charge in [0.15, 0.2) is 0 Å². The Morgan fingerprint density at radius 2 is 2.07 bits per heavy atom. The Morgan fingerprint density at radius 1 is 1.33 bits per heavy atom. The van der Waals surface area contributed by atoms with Gasteiger partial charge in [-0.3, -0.25) is 0 Å². The van der Waals surface area contributed by atoms with Crippen molar-refractivity contribution in [2.75, 3.05) is 7.11 Å².